The third kappa shape index (κ3) is 6.74. The summed E-state index contributed by atoms with van der Waals surface area (Å²) in [6, 6.07) is 10.7. The van der Waals surface area contributed by atoms with Gasteiger partial charge >= 0.3 is 0 Å². The summed E-state index contributed by atoms with van der Waals surface area (Å²) in [7, 11) is 1.55. The number of rotatable bonds is 6. The van der Waals surface area contributed by atoms with Gasteiger partial charge in [0.15, 0.2) is 17.5 Å². The van der Waals surface area contributed by atoms with Crippen LogP contribution in [-0.4, -0.2) is 32.8 Å². The number of nitrogens with one attached hydrogen (secondary N) is 2. The van der Waals surface area contributed by atoms with Gasteiger partial charge in [-0.1, -0.05) is 6.07 Å². The Kier molecular flexibility index (Phi) is 9.46. The van der Waals surface area contributed by atoms with Crippen LogP contribution in [0, 0.1) is 5.82 Å². The van der Waals surface area contributed by atoms with Gasteiger partial charge in [0, 0.05) is 37.4 Å². The van der Waals surface area contributed by atoms with Crippen LogP contribution in [-0.2, 0) is 17.9 Å². The lowest BCUT2D eigenvalue weighted by molar-refractivity contribution is 0.181. The van der Waals surface area contributed by atoms with Crippen LogP contribution >= 0.6 is 24.0 Å². The third-order valence-corrected chi connectivity index (χ3v) is 4.18. The monoisotopic (exact) mass is 515 g/mol. The quantitative estimate of drug-likeness (QED) is 0.341. The van der Waals surface area contributed by atoms with E-state index < -0.39 is 0 Å². The molecule has 6 nitrogen and oxygen atoms in total. The summed E-state index contributed by atoms with van der Waals surface area (Å²) in [5.74, 6) is 1.84. The smallest absolute Gasteiger partial charge is 0.196 e. The Morgan fingerprint density at radius 1 is 1.14 bits per heavy atom. The van der Waals surface area contributed by atoms with Gasteiger partial charge in [0.25, 0.3) is 0 Å². The molecule has 0 amide bonds. The zero-order valence-corrected chi connectivity index (χ0v) is 19.0. The van der Waals surface area contributed by atoms with E-state index in [4.69, 9.17) is 14.2 Å². The lowest BCUT2D eigenvalue weighted by Gasteiger charge is -2.14. The molecule has 0 bridgehead atoms. The molecule has 0 atom stereocenters. The summed E-state index contributed by atoms with van der Waals surface area (Å²) in [6.07, 6.45) is 0.865. The lowest BCUT2D eigenvalue weighted by Crippen LogP contribution is -2.30. The maximum absolute atomic E-state index is 13.8. The van der Waals surface area contributed by atoms with Crippen LogP contribution < -0.4 is 20.1 Å². The fraction of sp³-hybridized carbons (Fsp3) is 0.381. The third-order valence-electron chi connectivity index (χ3n) is 4.18. The van der Waals surface area contributed by atoms with Crippen molar-refractivity contribution in [1.82, 2.24) is 5.32 Å². The van der Waals surface area contributed by atoms with Crippen molar-refractivity contribution < 1.29 is 18.6 Å². The average molecular weight is 515 g/mol. The van der Waals surface area contributed by atoms with E-state index in [-0.39, 0.29) is 36.4 Å². The minimum absolute atomic E-state index is 0. The molecule has 1 heterocycles. The molecule has 1 aliphatic heterocycles. The second kappa shape index (κ2) is 11.8. The number of aliphatic imine (C=N–C) groups is 1. The number of nitrogens with zero attached hydrogens (tertiary/aromatic N) is 1. The van der Waals surface area contributed by atoms with Crippen molar-refractivity contribution >= 4 is 35.6 Å². The summed E-state index contributed by atoms with van der Waals surface area (Å²) in [5.41, 5.74) is 2.28. The van der Waals surface area contributed by atoms with E-state index in [1.165, 1.54) is 6.07 Å². The van der Waals surface area contributed by atoms with Gasteiger partial charge in [0.05, 0.1) is 26.4 Å². The molecule has 2 aromatic carbocycles. The number of benzene rings is 2. The molecule has 0 spiro atoms. The molecule has 3 rings (SSSR count). The molecule has 158 valence electrons. The Hall–Kier alpha value is -2.07. The molecule has 0 fully saturated rings. The predicted octanol–water partition coefficient (Wildman–Crippen LogP) is 4.33. The molecular formula is C21H27FIN3O3. The molecular weight excluding hydrogens is 488 g/mol. The van der Waals surface area contributed by atoms with Crippen LogP contribution in [0.2, 0.25) is 0 Å². The van der Waals surface area contributed by atoms with Gasteiger partial charge in [-0.2, -0.15) is 0 Å². The van der Waals surface area contributed by atoms with E-state index in [1.54, 1.807) is 19.2 Å². The SMILES string of the molecule is CCNC(=NCc1ccc(F)c(COC)c1)Nc1ccc2c(c1)OCCCO2.I. The second-order valence-corrected chi connectivity index (χ2v) is 6.39. The fourth-order valence-electron chi connectivity index (χ4n) is 2.85. The summed E-state index contributed by atoms with van der Waals surface area (Å²) < 4.78 is 30.2. The molecule has 0 aliphatic carbocycles. The van der Waals surface area contributed by atoms with Gasteiger partial charge in [-0.3, -0.25) is 0 Å². The number of methoxy groups -OCH3 is 1. The van der Waals surface area contributed by atoms with Gasteiger partial charge in [-0.05, 0) is 36.8 Å². The number of guanidine groups is 1. The lowest BCUT2D eigenvalue weighted by atomic mass is 10.1. The van der Waals surface area contributed by atoms with Crippen molar-refractivity contribution in [2.75, 3.05) is 32.2 Å². The van der Waals surface area contributed by atoms with E-state index in [1.807, 2.05) is 25.1 Å². The summed E-state index contributed by atoms with van der Waals surface area (Å²) >= 11 is 0. The Balaban J connectivity index is 0.00000300. The molecule has 0 saturated carbocycles. The topological polar surface area (TPSA) is 64.1 Å². The van der Waals surface area contributed by atoms with Crippen molar-refractivity contribution in [3.05, 3.63) is 53.3 Å². The molecule has 29 heavy (non-hydrogen) atoms. The van der Waals surface area contributed by atoms with Gasteiger partial charge in [-0.25, -0.2) is 9.38 Å². The number of ether oxygens (including phenoxy) is 3. The zero-order valence-electron chi connectivity index (χ0n) is 16.7. The minimum atomic E-state index is -0.271. The summed E-state index contributed by atoms with van der Waals surface area (Å²) in [5, 5.41) is 6.49. The molecule has 2 aromatic rings. The standard InChI is InChI=1S/C21H26FN3O3.HI/c1-3-23-21(24-13-15-5-7-18(22)16(11-15)14-26-2)25-17-6-8-19-20(12-17)28-10-4-9-27-19;/h5-8,11-12H,3-4,9-10,13-14H2,1-2H3,(H2,23,24,25);1H. The molecule has 0 aromatic heterocycles. The predicted molar refractivity (Wildman–Crippen MR) is 123 cm³/mol. The number of hydrogen-bond acceptors (Lipinski definition) is 4. The normalized spacial score (nSPS) is 13.3. The summed E-state index contributed by atoms with van der Waals surface area (Å²) in [6.45, 7) is 4.66. The molecule has 2 N–H and O–H groups in total. The Labute approximate surface area is 187 Å². The van der Waals surface area contributed by atoms with Crippen LogP contribution in [0.15, 0.2) is 41.4 Å². The van der Waals surface area contributed by atoms with Crippen molar-refractivity contribution in [2.45, 2.75) is 26.5 Å². The average Bonchev–Trinajstić information content (AvgIpc) is 2.94. The largest absolute Gasteiger partial charge is 0.490 e. The number of anilines is 1. The highest BCUT2D eigenvalue weighted by Gasteiger charge is 2.11. The first-order valence-corrected chi connectivity index (χ1v) is 9.41. The molecule has 0 saturated heterocycles. The maximum Gasteiger partial charge on any atom is 0.196 e. The van der Waals surface area contributed by atoms with E-state index in [0.29, 0.717) is 37.8 Å². The van der Waals surface area contributed by atoms with Crippen molar-refractivity contribution in [3.8, 4) is 11.5 Å². The highest BCUT2D eigenvalue weighted by molar-refractivity contribution is 14.0. The van der Waals surface area contributed by atoms with Gasteiger partial charge in [0.1, 0.15) is 5.82 Å². The van der Waals surface area contributed by atoms with E-state index in [9.17, 15) is 4.39 Å². The van der Waals surface area contributed by atoms with Crippen LogP contribution in [0.3, 0.4) is 0 Å². The van der Waals surface area contributed by atoms with Crippen LogP contribution in [0.4, 0.5) is 10.1 Å². The molecule has 8 heteroatoms. The van der Waals surface area contributed by atoms with Crippen LogP contribution in [0.5, 0.6) is 11.5 Å². The maximum atomic E-state index is 13.8. The highest BCUT2D eigenvalue weighted by atomic mass is 127. The molecule has 1 aliphatic rings. The van der Waals surface area contributed by atoms with Crippen molar-refractivity contribution in [3.63, 3.8) is 0 Å². The first-order valence-electron chi connectivity index (χ1n) is 9.41. The summed E-state index contributed by atoms with van der Waals surface area (Å²) in [4.78, 5) is 4.60. The van der Waals surface area contributed by atoms with Gasteiger partial charge in [-0.15, -0.1) is 24.0 Å². The Bertz CT molecular complexity index is 833. The Morgan fingerprint density at radius 3 is 2.69 bits per heavy atom. The molecule has 0 unspecified atom stereocenters. The fourth-order valence-corrected chi connectivity index (χ4v) is 2.85. The van der Waals surface area contributed by atoms with E-state index >= 15 is 0 Å². The van der Waals surface area contributed by atoms with E-state index in [2.05, 4.69) is 15.6 Å². The minimum Gasteiger partial charge on any atom is -0.490 e. The molecule has 0 radical (unpaired) electrons. The van der Waals surface area contributed by atoms with Crippen molar-refractivity contribution in [2.24, 2.45) is 4.99 Å². The second-order valence-electron chi connectivity index (χ2n) is 6.39. The number of halogens is 2. The number of fused-ring (bicyclic) bond motifs is 1. The Morgan fingerprint density at radius 2 is 1.93 bits per heavy atom. The first kappa shape index (κ1) is 23.2. The van der Waals surface area contributed by atoms with Crippen molar-refractivity contribution in [1.29, 1.82) is 0 Å². The van der Waals surface area contributed by atoms with Crippen LogP contribution in [0.1, 0.15) is 24.5 Å². The van der Waals surface area contributed by atoms with Gasteiger partial charge in [0.2, 0.25) is 0 Å². The van der Waals surface area contributed by atoms with Crippen LogP contribution in [0.25, 0.3) is 0 Å². The number of hydrogen-bond donors (Lipinski definition) is 2. The van der Waals surface area contributed by atoms with Gasteiger partial charge < -0.3 is 24.8 Å². The van der Waals surface area contributed by atoms with E-state index in [0.717, 1.165) is 29.2 Å². The first-order chi connectivity index (χ1) is 13.7. The zero-order chi connectivity index (χ0) is 19.8. The highest BCUT2D eigenvalue weighted by Crippen LogP contribution is 2.32.